The van der Waals surface area contributed by atoms with E-state index in [9.17, 15) is 9.59 Å². The van der Waals surface area contributed by atoms with Crippen LogP contribution < -0.4 is 5.56 Å². The SMILES string of the molecule is O=C(O)COCc1nc2scc(C3CC3)c2c(=O)[nH]1. The molecule has 2 aromatic rings. The maximum absolute atomic E-state index is 12.0. The number of ether oxygens (including phenoxy) is 1. The van der Waals surface area contributed by atoms with Crippen LogP contribution in [0.2, 0.25) is 0 Å². The molecule has 6 nitrogen and oxygen atoms in total. The van der Waals surface area contributed by atoms with Gasteiger partial charge in [-0.05, 0) is 29.7 Å². The average Bonchev–Trinajstić information content (AvgIpc) is 3.09. The summed E-state index contributed by atoms with van der Waals surface area (Å²) in [6, 6.07) is 0. The van der Waals surface area contributed by atoms with Gasteiger partial charge in [-0.15, -0.1) is 11.3 Å². The number of thiophene rings is 1. The lowest BCUT2D eigenvalue weighted by Crippen LogP contribution is -2.14. The van der Waals surface area contributed by atoms with Gasteiger partial charge in [-0.25, -0.2) is 9.78 Å². The van der Waals surface area contributed by atoms with E-state index >= 15 is 0 Å². The predicted octanol–water partition coefficient (Wildman–Crippen LogP) is 1.46. The van der Waals surface area contributed by atoms with E-state index in [1.165, 1.54) is 11.3 Å². The molecule has 2 heterocycles. The number of carboxylic acid groups (broad SMARTS) is 1. The Bertz CT molecular complexity index is 687. The fourth-order valence-electron chi connectivity index (χ4n) is 2.01. The Balaban J connectivity index is 1.88. The first-order valence-electron chi connectivity index (χ1n) is 5.95. The topological polar surface area (TPSA) is 92.3 Å². The quantitative estimate of drug-likeness (QED) is 0.865. The fourth-order valence-corrected chi connectivity index (χ4v) is 3.05. The summed E-state index contributed by atoms with van der Waals surface area (Å²) >= 11 is 1.45. The first-order valence-corrected chi connectivity index (χ1v) is 6.83. The van der Waals surface area contributed by atoms with Gasteiger partial charge in [0.15, 0.2) is 0 Å². The Kier molecular flexibility index (Phi) is 3.08. The second-order valence-corrected chi connectivity index (χ2v) is 5.40. The lowest BCUT2D eigenvalue weighted by atomic mass is 10.1. The van der Waals surface area contributed by atoms with E-state index in [0.29, 0.717) is 22.0 Å². The summed E-state index contributed by atoms with van der Waals surface area (Å²) in [4.78, 5) is 30.0. The predicted molar refractivity (Wildman–Crippen MR) is 69.5 cm³/mol. The number of fused-ring (bicyclic) bond motifs is 1. The number of nitrogens with one attached hydrogen (secondary N) is 1. The van der Waals surface area contributed by atoms with Crippen molar-refractivity contribution >= 4 is 27.5 Å². The van der Waals surface area contributed by atoms with Gasteiger partial charge in [-0.2, -0.15) is 0 Å². The Morgan fingerprint density at radius 2 is 2.37 bits per heavy atom. The van der Waals surface area contributed by atoms with Gasteiger partial charge in [0.1, 0.15) is 23.9 Å². The third-order valence-corrected chi connectivity index (χ3v) is 3.89. The summed E-state index contributed by atoms with van der Waals surface area (Å²) in [5, 5.41) is 11.1. The molecule has 2 N–H and O–H groups in total. The molecule has 2 aromatic heterocycles. The molecular formula is C12H12N2O4S. The van der Waals surface area contributed by atoms with Crippen LogP contribution in [0.4, 0.5) is 0 Å². The zero-order valence-corrected chi connectivity index (χ0v) is 10.8. The average molecular weight is 280 g/mol. The van der Waals surface area contributed by atoms with E-state index in [1.54, 1.807) is 0 Å². The van der Waals surface area contributed by atoms with Crippen LogP contribution in [-0.4, -0.2) is 27.7 Å². The second kappa shape index (κ2) is 4.75. The number of aromatic nitrogens is 2. The van der Waals surface area contributed by atoms with Gasteiger partial charge in [-0.3, -0.25) is 4.79 Å². The van der Waals surface area contributed by atoms with Crippen molar-refractivity contribution in [3.63, 3.8) is 0 Å². The zero-order valence-electron chi connectivity index (χ0n) is 10.0. The molecule has 0 unspecified atom stereocenters. The summed E-state index contributed by atoms with van der Waals surface area (Å²) in [5.41, 5.74) is 0.925. The molecule has 0 aliphatic heterocycles. The molecule has 0 amide bonds. The molecule has 1 aliphatic carbocycles. The van der Waals surface area contributed by atoms with E-state index in [4.69, 9.17) is 9.84 Å². The normalized spacial score (nSPS) is 14.9. The molecule has 1 saturated carbocycles. The van der Waals surface area contributed by atoms with Crippen molar-refractivity contribution in [1.29, 1.82) is 0 Å². The fraction of sp³-hybridized carbons (Fsp3) is 0.417. The molecule has 1 fully saturated rings. The highest BCUT2D eigenvalue weighted by Gasteiger charge is 2.27. The minimum Gasteiger partial charge on any atom is -0.480 e. The second-order valence-electron chi connectivity index (χ2n) is 4.54. The summed E-state index contributed by atoms with van der Waals surface area (Å²) in [5.74, 6) is -0.177. The highest BCUT2D eigenvalue weighted by Crippen LogP contribution is 2.43. The molecule has 7 heteroatoms. The van der Waals surface area contributed by atoms with Gasteiger partial charge < -0.3 is 14.8 Å². The Labute approximate surface area is 112 Å². The van der Waals surface area contributed by atoms with Crippen LogP contribution >= 0.6 is 11.3 Å². The van der Waals surface area contributed by atoms with Crippen molar-refractivity contribution in [2.45, 2.75) is 25.4 Å². The smallest absolute Gasteiger partial charge is 0.329 e. The van der Waals surface area contributed by atoms with E-state index in [2.05, 4.69) is 9.97 Å². The lowest BCUT2D eigenvalue weighted by molar-refractivity contribution is -0.142. The number of nitrogens with zero attached hydrogens (tertiary/aromatic N) is 1. The highest BCUT2D eigenvalue weighted by atomic mass is 32.1. The van der Waals surface area contributed by atoms with Crippen molar-refractivity contribution in [3.8, 4) is 0 Å². The van der Waals surface area contributed by atoms with E-state index < -0.39 is 12.6 Å². The summed E-state index contributed by atoms with van der Waals surface area (Å²) < 4.78 is 4.92. The molecule has 0 aromatic carbocycles. The number of carboxylic acids is 1. The van der Waals surface area contributed by atoms with Crippen LogP contribution in [0.3, 0.4) is 0 Å². The lowest BCUT2D eigenvalue weighted by Gasteiger charge is -2.01. The molecule has 3 rings (SSSR count). The molecule has 0 bridgehead atoms. The molecule has 0 radical (unpaired) electrons. The maximum Gasteiger partial charge on any atom is 0.329 e. The van der Waals surface area contributed by atoms with Gasteiger partial charge in [-0.1, -0.05) is 0 Å². The van der Waals surface area contributed by atoms with Gasteiger partial charge in [0, 0.05) is 0 Å². The minimum absolute atomic E-state index is 0.00581. The van der Waals surface area contributed by atoms with Crippen molar-refractivity contribution in [1.82, 2.24) is 9.97 Å². The molecule has 0 atom stereocenters. The Morgan fingerprint density at radius 3 is 3.05 bits per heavy atom. The van der Waals surface area contributed by atoms with Crippen LogP contribution in [0.1, 0.15) is 30.1 Å². The van der Waals surface area contributed by atoms with Crippen molar-refractivity contribution < 1.29 is 14.6 Å². The number of hydrogen-bond donors (Lipinski definition) is 2. The Hall–Kier alpha value is -1.73. The minimum atomic E-state index is -1.05. The third kappa shape index (κ3) is 2.52. The summed E-state index contributed by atoms with van der Waals surface area (Å²) in [6.07, 6.45) is 2.27. The first kappa shape index (κ1) is 12.3. The molecule has 0 saturated heterocycles. The number of aromatic amines is 1. The van der Waals surface area contributed by atoms with E-state index in [0.717, 1.165) is 18.4 Å². The van der Waals surface area contributed by atoms with Gasteiger partial charge in [0.25, 0.3) is 5.56 Å². The number of carbonyl (C=O) groups is 1. The highest BCUT2D eigenvalue weighted by molar-refractivity contribution is 7.16. The van der Waals surface area contributed by atoms with Crippen LogP contribution in [0.5, 0.6) is 0 Å². The first-order chi connectivity index (χ1) is 9.15. The molecular weight excluding hydrogens is 268 g/mol. The zero-order chi connectivity index (χ0) is 13.4. The van der Waals surface area contributed by atoms with E-state index in [1.807, 2.05) is 5.38 Å². The standard InChI is InChI=1S/C12H12N2O4S/c15-9(16)4-18-3-8-13-11(17)10-7(6-1-2-6)5-19-12(10)14-8/h5-6H,1-4H2,(H,15,16)(H,13,14,17). The van der Waals surface area contributed by atoms with Crippen LogP contribution in [0, 0.1) is 0 Å². The number of rotatable bonds is 5. The number of aliphatic carboxylic acids is 1. The number of hydrogen-bond acceptors (Lipinski definition) is 5. The largest absolute Gasteiger partial charge is 0.480 e. The third-order valence-electron chi connectivity index (χ3n) is 3.00. The van der Waals surface area contributed by atoms with Crippen LogP contribution in [0.15, 0.2) is 10.2 Å². The molecule has 19 heavy (non-hydrogen) atoms. The van der Waals surface area contributed by atoms with Crippen molar-refractivity contribution in [2.75, 3.05) is 6.61 Å². The summed E-state index contributed by atoms with van der Waals surface area (Å²) in [7, 11) is 0. The van der Waals surface area contributed by atoms with E-state index in [-0.39, 0.29) is 12.2 Å². The van der Waals surface area contributed by atoms with Crippen LogP contribution in [0.25, 0.3) is 10.2 Å². The van der Waals surface area contributed by atoms with Crippen molar-refractivity contribution in [2.24, 2.45) is 0 Å². The number of H-pyrrole nitrogens is 1. The van der Waals surface area contributed by atoms with Gasteiger partial charge >= 0.3 is 5.97 Å². The Morgan fingerprint density at radius 1 is 1.58 bits per heavy atom. The molecule has 1 aliphatic rings. The molecule has 0 spiro atoms. The summed E-state index contributed by atoms with van der Waals surface area (Å²) in [6.45, 7) is -0.409. The van der Waals surface area contributed by atoms with Crippen molar-refractivity contribution in [3.05, 3.63) is 27.1 Å². The van der Waals surface area contributed by atoms with Gasteiger partial charge in [0.2, 0.25) is 0 Å². The monoisotopic (exact) mass is 280 g/mol. The maximum atomic E-state index is 12.0. The van der Waals surface area contributed by atoms with Crippen LogP contribution in [-0.2, 0) is 16.1 Å². The van der Waals surface area contributed by atoms with Gasteiger partial charge in [0.05, 0.1) is 5.39 Å². The molecule has 100 valence electrons.